The van der Waals surface area contributed by atoms with E-state index in [2.05, 4.69) is 86.4 Å². The standard InChI is InChI=1S/C49H55N7O5/c1-2-42(34-6-4-3-5-7-34)46(36-10-15-41(57)16-11-36)35-8-12-38(13-9-35)51-28-30-55(31-29-51)49(61)54-22-20-39(21-23-54)52-24-26-53(27-25-52)40-14-17-43-37(32-40)33-56(48(43)60)44-18-19-45(58)50-47(44)59/h3-17,32,39,44,57H,2,18-31,33H2,1H3,(H,50,58,59)/b46-42+. The Kier molecular flexibility index (Phi) is 11.5. The number of phenolic OH excluding ortho intramolecular Hbond substituents is 1. The van der Waals surface area contributed by atoms with E-state index in [1.54, 1.807) is 17.0 Å². The van der Waals surface area contributed by atoms with Gasteiger partial charge in [0, 0.05) is 101 Å². The molecule has 5 amide bonds. The molecule has 12 nitrogen and oxygen atoms in total. The fourth-order valence-electron chi connectivity index (χ4n) is 10.0. The van der Waals surface area contributed by atoms with Crippen LogP contribution in [0.25, 0.3) is 11.1 Å². The van der Waals surface area contributed by atoms with E-state index in [0.29, 0.717) is 37.7 Å². The lowest BCUT2D eigenvalue weighted by Gasteiger charge is -2.44. The number of anilines is 2. The van der Waals surface area contributed by atoms with E-state index >= 15 is 0 Å². The molecule has 0 aliphatic carbocycles. The summed E-state index contributed by atoms with van der Waals surface area (Å²) in [6.45, 7) is 10.7. The van der Waals surface area contributed by atoms with Crippen LogP contribution in [0.15, 0.2) is 97.1 Å². The molecule has 316 valence electrons. The number of nitrogens with one attached hydrogen (secondary N) is 1. The van der Waals surface area contributed by atoms with Crippen molar-refractivity contribution in [1.82, 2.24) is 24.9 Å². The lowest BCUT2D eigenvalue weighted by Crippen LogP contribution is -2.57. The van der Waals surface area contributed by atoms with Gasteiger partial charge in [-0.3, -0.25) is 24.6 Å². The summed E-state index contributed by atoms with van der Waals surface area (Å²) in [6, 6.07) is 32.8. The minimum absolute atomic E-state index is 0.144. The molecular weight excluding hydrogens is 767 g/mol. The van der Waals surface area contributed by atoms with Crippen molar-refractivity contribution in [3.63, 3.8) is 0 Å². The smallest absolute Gasteiger partial charge is 0.320 e. The Morgan fingerprint density at radius 2 is 1.28 bits per heavy atom. The number of phenols is 1. The quantitative estimate of drug-likeness (QED) is 0.163. The van der Waals surface area contributed by atoms with Crippen LogP contribution in [-0.2, 0) is 16.1 Å². The third-order valence-corrected chi connectivity index (χ3v) is 13.4. The first kappa shape index (κ1) is 40.3. The molecule has 5 aliphatic rings. The van der Waals surface area contributed by atoms with Gasteiger partial charge in [0.2, 0.25) is 11.8 Å². The largest absolute Gasteiger partial charge is 0.508 e. The number of fused-ring (bicyclic) bond motifs is 1. The summed E-state index contributed by atoms with van der Waals surface area (Å²) in [5, 5.41) is 12.4. The van der Waals surface area contributed by atoms with Gasteiger partial charge in [-0.25, -0.2) is 4.79 Å². The first-order valence-corrected chi connectivity index (χ1v) is 22.0. The summed E-state index contributed by atoms with van der Waals surface area (Å²) >= 11 is 0. The van der Waals surface area contributed by atoms with Crippen molar-refractivity contribution in [2.75, 3.05) is 75.2 Å². The number of aromatic hydroxyl groups is 1. The highest BCUT2D eigenvalue weighted by Gasteiger charge is 2.39. The number of carbonyl (C=O) groups is 4. The summed E-state index contributed by atoms with van der Waals surface area (Å²) in [6.07, 6.45) is 3.42. The van der Waals surface area contributed by atoms with E-state index in [9.17, 15) is 24.3 Å². The molecule has 1 atom stereocenters. The second kappa shape index (κ2) is 17.5. The Bertz CT molecular complexity index is 2290. The number of nitrogens with zero attached hydrogens (tertiary/aromatic N) is 6. The average molecular weight is 822 g/mol. The maximum Gasteiger partial charge on any atom is 0.320 e. The number of piperazine rings is 2. The van der Waals surface area contributed by atoms with E-state index in [-0.39, 0.29) is 35.9 Å². The third-order valence-electron chi connectivity index (χ3n) is 13.4. The number of hydrogen-bond acceptors (Lipinski definition) is 8. The fraction of sp³-hybridized carbons (Fsp3) is 0.388. The lowest BCUT2D eigenvalue weighted by molar-refractivity contribution is -0.136. The molecule has 4 aromatic carbocycles. The van der Waals surface area contributed by atoms with Gasteiger partial charge in [0.1, 0.15) is 11.8 Å². The zero-order chi connectivity index (χ0) is 42.0. The maximum absolute atomic E-state index is 13.7. The molecule has 12 heteroatoms. The van der Waals surface area contributed by atoms with Crippen molar-refractivity contribution >= 4 is 46.3 Å². The van der Waals surface area contributed by atoms with Gasteiger partial charge in [-0.1, -0.05) is 61.5 Å². The summed E-state index contributed by atoms with van der Waals surface area (Å²) in [4.78, 5) is 64.1. The molecule has 4 saturated heterocycles. The molecule has 61 heavy (non-hydrogen) atoms. The molecule has 2 N–H and O–H groups in total. The van der Waals surface area contributed by atoms with E-state index < -0.39 is 6.04 Å². The predicted octanol–water partition coefficient (Wildman–Crippen LogP) is 6.05. The SMILES string of the molecule is CC/C(=C(\c1ccc(O)cc1)c1ccc(N2CCN(C(=O)N3CCC(N4CCN(c5ccc6c(c5)CN(C5CCC(=O)NC5=O)C6=O)CC4)CC3)CC2)cc1)c1ccccc1. The van der Waals surface area contributed by atoms with E-state index in [4.69, 9.17) is 0 Å². The zero-order valence-electron chi connectivity index (χ0n) is 35.0. The van der Waals surface area contributed by atoms with Crippen molar-refractivity contribution in [3.8, 4) is 5.75 Å². The summed E-state index contributed by atoms with van der Waals surface area (Å²) in [5.41, 5.74) is 9.64. The summed E-state index contributed by atoms with van der Waals surface area (Å²) in [5.74, 6) is -0.559. The first-order valence-electron chi connectivity index (χ1n) is 22.0. The summed E-state index contributed by atoms with van der Waals surface area (Å²) in [7, 11) is 0. The van der Waals surface area contributed by atoms with Crippen LogP contribution in [0.2, 0.25) is 0 Å². The average Bonchev–Trinajstić information content (AvgIpc) is 3.63. The highest BCUT2D eigenvalue weighted by molar-refractivity contribution is 6.05. The van der Waals surface area contributed by atoms with Crippen molar-refractivity contribution < 1.29 is 24.3 Å². The van der Waals surface area contributed by atoms with Crippen molar-refractivity contribution in [2.24, 2.45) is 0 Å². The molecule has 5 heterocycles. The topological polar surface area (TPSA) is 120 Å². The van der Waals surface area contributed by atoms with Crippen molar-refractivity contribution in [1.29, 1.82) is 0 Å². The van der Waals surface area contributed by atoms with Crippen LogP contribution in [0.5, 0.6) is 5.75 Å². The van der Waals surface area contributed by atoms with Crippen LogP contribution < -0.4 is 15.1 Å². The Labute approximate surface area is 358 Å². The number of hydrogen-bond donors (Lipinski definition) is 2. The van der Waals surface area contributed by atoms with Gasteiger partial charge < -0.3 is 29.6 Å². The maximum atomic E-state index is 13.7. The number of urea groups is 1. The molecule has 1 unspecified atom stereocenters. The number of amides is 5. The highest BCUT2D eigenvalue weighted by Crippen LogP contribution is 2.36. The molecular formula is C49H55N7O5. The van der Waals surface area contributed by atoms with Gasteiger partial charge in [-0.2, -0.15) is 0 Å². The molecule has 9 rings (SSSR count). The number of rotatable bonds is 8. The Hall–Kier alpha value is -6.14. The van der Waals surface area contributed by atoms with Crippen molar-refractivity contribution in [2.45, 2.75) is 57.7 Å². The third kappa shape index (κ3) is 8.33. The minimum atomic E-state index is -0.608. The van der Waals surface area contributed by atoms with Gasteiger partial charge >= 0.3 is 6.03 Å². The molecule has 0 spiro atoms. The highest BCUT2D eigenvalue weighted by atomic mass is 16.3. The Balaban J connectivity index is 0.750. The number of carbonyl (C=O) groups excluding carboxylic acids is 4. The lowest BCUT2D eigenvalue weighted by atomic mass is 9.88. The summed E-state index contributed by atoms with van der Waals surface area (Å²) < 4.78 is 0. The van der Waals surface area contributed by atoms with Crippen LogP contribution in [0, 0.1) is 0 Å². The number of allylic oxidation sites excluding steroid dienone is 1. The van der Waals surface area contributed by atoms with E-state index in [0.717, 1.165) is 99.7 Å². The molecule has 0 aromatic heterocycles. The number of imide groups is 1. The minimum Gasteiger partial charge on any atom is -0.508 e. The second-order valence-corrected chi connectivity index (χ2v) is 16.9. The van der Waals surface area contributed by atoms with Crippen molar-refractivity contribution in [3.05, 3.63) is 125 Å². The van der Waals surface area contributed by atoms with E-state index in [1.165, 1.54) is 16.7 Å². The molecule has 0 bridgehead atoms. The normalized spacial score (nSPS) is 20.8. The number of benzene rings is 4. The predicted molar refractivity (Wildman–Crippen MR) is 237 cm³/mol. The van der Waals surface area contributed by atoms with Crippen LogP contribution in [0.3, 0.4) is 0 Å². The zero-order valence-corrected chi connectivity index (χ0v) is 35.0. The van der Waals surface area contributed by atoms with Crippen LogP contribution in [0.1, 0.15) is 71.6 Å². The number of likely N-dealkylation sites (tertiary alicyclic amines) is 1. The number of piperidine rings is 2. The molecule has 4 fully saturated rings. The fourth-order valence-corrected chi connectivity index (χ4v) is 10.0. The van der Waals surface area contributed by atoms with Gasteiger partial charge in [-0.15, -0.1) is 0 Å². The Morgan fingerprint density at radius 1 is 0.672 bits per heavy atom. The van der Waals surface area contributed by atoms with Gasteiger partial charge in [0.15, 0.2) is 0 Å². The van der Waals surface area contributed by atoms with Crippen LogP contribution in [0.4, 0.5) is 16.2 Å². The second-order valence-electron chi connectivity index (χ2n) is 16.9. The monoisotopic (exact) mass is 821 g/mol. The van der Waals surface area contributed by atoms with Crippen LogP contribution >= 0.6 is 0 Å². The van der Waals surface area contributed by atoms with Crippen LogP contribution in [-0.4, -0.2) is 126 Å². The first-order chi connectivity index (χ1) is 29.7. The van der Waals surface area contributed by atoms with Gasteiger partial charge in [-0.05, 0) is 102 Å². The molecule has 5 aliphatic heterocycles. The van der Waals surface area contributed by atoms with Gasteiger partial charge in [0.05, 0.1) is 0 Å². The Morgan fingerprint density at radius 3 is 1.93 bits per heavy atom. The molecule has 4 aromatic rings. The van der Waals surface area contributed by atoms with E-state index in [1.807, 2.05) is 35.2 Å². The molecule has 0 saturated carbocycles. The molecule has 0 radical (unpaired) electrons. The van der Waals surface area contributed by atoms with Gasteiger partial charge in [0.25, 0.3) is 5.91 Å².